The van der Waals surface area contributed by atoms with Gasteiger partial charge in [-0.2, -0.15) is 0 Å². The number of primary sulfonamides is 1. The number of hydrogen-bond donors (Lipinski definition) is 3. The van der Waals surface area contributed by atoms with Crippen molar-refractivity contribution in [2.24, 2.45) is 5.14 Å². The van der Waals surface area contributed by atoms with Crippen molar-refractivity contribution in [2.75, 3.05) is 11.0 Å². The monoisotopic (exact) mass is 348 g/mol. The lowest BCUT2D eigenvalue weighted by Gasteiger charge is -2.13. The molecule has 10 heteroatoms. The van der Waals surface area contributed by atoms with E-state index >= 15 is 0 Å². The molecule has 1 heterocycles. The number of sulfonamides is 2. The molecule has 0 spiro atoms. The lowest BCUT2D eigenvalue weighted by Crippen LogP contribution is -2.15. The molecule has 0 saturated carbocycles. The minimum Gasteiger partial charge on any atom is -0.464 e. The first-order chi connectivity index (χ1) is 9.59. The Morgan fingerprint density at radius 1 is 1.19 bits per heavy atom. The summed E-state index contributed by atoms with van der Waals surface area (Å²) in [5.41, 5.74) is 0.338. The molecule has 2 rings (SSSR count). The highest BCUT2D eigenvalue weighted by Gasteiger charge is 2.21. The van der Waals surface area contributed by atoms with E-state index in [1.165, 1.54) is 18.4 Å². The number of anilines is 1. The van der Waals surface area contributed by atoms with Gasteiger partial charge in [0.05, 0.1) is 28.7 Å². The van der Waals surface area contributed by atoms with Gasteiger partial charge in [0.15, 0.2) is 0 Å². The van der Waals surface area contributed by atoms with Crippen LogP contribution in [0.1, 0.15) is 0 Å². The molecule has 1 aromatic heterocycles. The first kappa shape index (κ1) is 15.9. The molecular weight excluding hydrogens is 336 g/mol. The van der Waals surface area contributed by atoms with E-state index in [4.69, 9.17) is 9.56 Å². The Balaban J connectivity index is 2.77. The van der Waals surface area contributed by atoms with Crippen molar-refractivity contribution in [3.8, 4) is 11.3 Å². The summed E-state index contributed by atoms with van der Waals surface area (Å²) in [5.74, 6) is 0.261. The summed E-state index contributed by atoms with van der Waals surface area (Å²) in [5, 5.41) is 5.11. The summed E-state index contributed by atoms with van der Waals surface area (Å²) in [4.78, 5) is -0.225. The molecule has 7 nitrogen and oxygen atoms in total. The van der Waals surface area contributed by atoms with E-state index in [0.29, 0.717) is 0 Å². The van der Waals surface area contributed by atoms with E-state index < -0.39 is 20.0 Å². The van der Waals surface area contributed by atoms with Crippen LogP contribution in [0.15, 0.2) is 44.7 Å². The Kier molecular flexibility index (Phi) is 4.06. The maximum Gasteiger partial charge on any atom is 0.239 e. The number of rotatable bonds is 4. The number of benzene rings is 1. The van der Waals surface area contributed by atoms with Gasteiger partial charge >= 0.3 is 0 Å². The first-order valence-corrected chi connectivity index (χ1v) is 9.38. The highest BCUT2D eigenvalue weighted by molar-refractivity contribution is 7.92. The van der Waals surface area contributed by atoms with Crippen LogP contribution in [0.2, 0.25) is 0 Å². The van der Waals surface area contributed by atoms with Crippen LogP contribution in [0.5, 0.6) is 0 Å². The molecule has 114 valence electrons. The Morgan fingerprint density at radius 2 is 1.86 bits per heavy atom. The Bertz CT molecular complexity index is 871. The number of thiol groups is 1. The van der Waals surface area contributed by atoms with Crippen LogP contribution in [0.25, 0.3) is 11.3 Å². The number of nitrogens with one attached hydrogen (secondary N) is 1. The minimum atomic E-state index is -4.00. The van der Waals surface area contributed by atoms with Crippen molar-refractivity contribution in [2.45, 2.75) is 9.79 Å². The highest BCUT2D eigenvalue weighted by atomic mass is 32.2. The van der Waals surface area contributed by atoms with Gasteiger partial charge in [0.1, 0.15) is 5.76 Å². The van der Waals surface area contributed by atoms with E-state index in [2.05, 4.69) is 17.4 Å². The molecule has 21 heavy (non-hydrogen) atoms. The van der Waals surface area contributed by atoms with Gasteiger partial charge in [-0.25, -0.2) is 22.0 Å². The SMILES string of the molecule is CS(=O)(=O)Nc1ccc(S(N)(=O)=O)c(S)c1-c1ccco1. The van der Waals surface area contributed by atoms with Crippen LogP contribution in [0.4, 0.5) is 5.69 Å². The van der Waals surface area contributed by atoms with E-state index in [-0.39, 0.29) is 26.8 Å². The molecule has 0 aliphatic carbocycles. The molecule has 0 aliphatic rings. The average Bonchev–Trinajstić information content (AvgIpc) is 2.78. The van der Waals surface area contributed by atoms with Crippen LogP contribution in [0, 0.1) is 0 Å². The molecule has 3 N–H and O–H groups in total. The van der Waals surface area contributed by atoms with Crippen LogP contribution >= 0.6 is 12.6 Å². The Hall–Kier alpha value is -1.49. The third-order valence-corrected chi connectivity index (χ3v) is 4.67. The van der Waals surface area contributed by atoms with Gasteiger partial charge in [0.25, 0.3) is 0 Å². The fraction of sp³-hybridized carbons (Fsp3) is 0.0909. The quantitative estimate of drug-likeness (QED) is 0.719. The molecule has 0 saturated heterocycles. The minimum absolute atomic E-state index is 0.00102. The number of hydrogen-bond acceptors (Lipinski definition) is 6. The van der Waals surface area contributed by atoms with Crippen LogP contribution < -0.4 is 9.86 Å². The topological polar surface area (TPSA) is 119 Å². The lowest BCUT2D eigenvalue weighted by molar-refractivity contribution is 0.580. The lowest BCUT2D eigenvalue weighted by atomic mass is 10.1. The standard InChI is InChI=1S/C11H12N2O5S3/c1-20(14,15)13-7-4-5-9(21(12,16)17)11(19)10(7)8-3-2-6-18-8/h2-6,13,19H,1H3,(H2,12,16,17). The molecule has 0 unspecified atom stereocenters. The summed E-state index contributed by atoms with van der Waals surface area (Å²) in [6.07, 6.45) is 2.35. The third-order valence-electron chi connectivity index (χ3n) is 2.51. The third kappa shape index (κ3) is 3.59. The smallest absolute Gasteiger partial charge is 0.239 e. The van der Waals surface area contributed by atoms with Crippen LogP contribution in [-0.2, 0) is 20.0 Å². The maximum absolute atomic E-state index is 11.5. The summed E-state index contributed by atoms with van der Waals surface area (Å²) in [6, 6.07) is 5.60. The number of furan rings is 1. The van der Waals surface area contributed by atoms with Crippen molar-refractivity contribution in [3.05, 3.63) is 30.5 Å². The summed E-state index contributed by atoms with van der Waals surface area (Å²) in [6.45, 7) is 0. The molecule has 2 aromatic rings. The molecule has 0 amide bonds. The van der Waals surface area contributed by atoms with Crippen LogP contribution in [0.3, 0.4) is 0 Å². The van der Waals surface area contributed by atoms with Gasteiger partial charge in [0.2, 0.25) is 20.0 Å². The van der Waals surface area contributed by atoms with E-state index in [9.17, 15) is 16.8 Å². The van der Waals surface area contributed by atoms with Gasteiger partial charge in [-0.15, -0.1) is 12.6 Å². The van der Waals surface area contributed by atoms with Crippen molar-refractivity contribution >= 4 is 38.4 Å². The van der Waals surface area contributed by atoms with Crippen molar-refractivity contribution in [1.82, 2.24) is 0 Å². The molecule has 0 aliphatic heterocycles. The first-order valence-electron chi connectivity index (χ1n) is 5.50. The van der Waals surface area contributed by atoms with E-state index in [0.717, 1.165) is 6.26 Å². The molecule has 0 fully saturated rings. The fourth-order valence-electron chi connectivity index (χ4n) is 1.76. The van der Waals surface area contributed by atoms with Gasteiger partial charge < -0.3 is 4.42 Å². The van der Waals surface area contributed by atoms with Crippen LogP contribution in [-0.4, -0.2) is 23.1 Å². The van der Waals surface area contributed by atoms with E-state index in [1.807, 2.05) is 0 Å². The number of nitrogens with two attached hydrogens (primary N) is 1. The zero-order valence-corrected chi connectivity index (χ0v) is 13.3. The largest absolute Gasteiger partial charge is 0.464 e. The second-order valence-electron chi connectivity index (χ2n) is 4.23. The molecule has 1 aromatic carbocycles. The predicted molar refractivity (Wildman–Crippen MR) is 81.2 cm³/mol. The van der Waals surface area contributed by atoms with Crippen molar-refractivity contribution in [1.29, 1.82) is 0 Å². The summed E-state index contributed by atoms with van der Waals surface area (Å²) in [7, 11) is -7.56. The summed E-state index contributed by atoms with van der Waals surface area (Å²) >= 11 is 4.16. The zero-order chi connectivity index (χ0) is 15.8. The highest BCUT2D eigenvalue weighted by Crippen LogP contribution is 2.38. The normalized spacial score (nSPS) is 12.3. The van der Waals surface area contributed by atoms with Gasteiger partial charge in [0, 0.05) is 4.90 Å². The molecule has 0 radical (unpaired) electrons. The average molecular weight is 348 g/mol. The zero-order valence-electron chi connectivity index (χ0n) is 10.8. The van der Waals surface area contributed by atoms with Crippen molar-refractivity contribution in [3.63, 3.8) is 0 Å². The molecule has 0 bridgehead atoms. The Labute approximate surface area is 127 Å². The van der Waals surface area contributed by atoms with Gasteiger partial charge in [-0.1, -0.05) is 0 Å². The van der Waals surface area contributed by atoms with Gasteiger partial charge in [-0.05, 0) is 24.3 Å². The second kappa shape index (κ2) is 5.37. The summed E-state index contributed by atoms with van der Waals surface area (Å²) < 4.78 is 53.4. The molecule has 0 atom stereocenters. The maximum atomic E-state index is 11.5. The van der Waals surface area contributed by atoms with E-state index in [1.54, 1.807) is 12.1 Å². The fourth-order valence-corrected chi connectivity index (χ4v) is 3.64. The second-order valence-corrected chi connectivity index (χ2v) is 7.96. The molecular formula is C11H12N2O5S3. The Morgan fingerprint density at radius 3 is 2.33 bits per heavy atom. The predicted octanol–water partition coefficient (Wildman–Crippen LogP) is 1.25. The van der Waals surface area contributed by atoms with Gasteiger partial charge in [-0.3, -0.25) is 4.72 Å². The van der Waals surface area contributed by atoms with Crippen molar-refractivity contribution < 1.29 is 21.3 Å².